The van der Waals surface area contributed by atoms with Gasteiger partial charge in [-0.25, -0.2) is 4.68 Å². The maximum atomic E-state index is 12.0. The van der Waals surface area contributed by atoms with Crippen LogP contribution in [0, 0.1) is 0 Å². The molecule has 1 N–H and O–H groups in total. The molecule has 0 aliphatic heterocycles. The molecule has 0 fully saturated rings. The Balaban J connectivity index is 1.55. The Kier molecular flexibility index (Phi) is 6.01. The number of aromatic nitrogens is 2. The molecule has 0 aliphatic rings. The van der Waals surface area contributed by atoms with Crippen LogP contribution in [0.25, 0.3) is 11.3 Å². The molecule has 26 heavy (non-hydrogen) atoms. The van der Waals surface area contributed by atoms with E-state index >= 15 is 0 Å². The van der Waals surface area contributed by atoms with Gasteiger partial charge in [-0.15, -0.1) is 0 Å². The van der Waals surface area contributed by atoms with Gasteiger partial charge in [0.1, 0.15) is 5.76 Å². The number of carbonyl (C=O) groups is 1. The van der Waals surface area contributed by atoms with Crippen LogP contribution >= 0.6 is 15.9 Å². The van der Waals surface area contributed by atoms with Crippen molar-refractivity contribution in [2.24, 2.45) is 0 Å². The highest BCUT2D eigenvalue weighted by Gasteiger charge is 2.06. The molecule has 6 nitrogen and oxygen atoms in total. The highest BCUT2D eigenvalue weighted by Crippen LogP contribution is 2.18. The summed E-state index contributed by atoms with van der Waals surface area (Å²) in [6, 6.07) is 14.5. The molecule has 0 atom stereocenters. The molecule has 3 aromatic rings. The van der Waals surface area contributed by atoms with Crippen molar-refractivity contribution in [1.29, 1.82) is 0 Å². The molecular formula is C19H18BrN3O3. The van der Waals surface area contributed by atoms with Crippen LogP contribution in [0.15, 0.2) is 68.5 Å². The molecule has 0 unspecified atom stereocenters. The second-order valence-electron chi connectivity index (χ2n) is 5.75. The summed E-state index contributed by atoms with van der Waals surface area (Å²) in [6.45, 7) is 0.750. The van der Waals surface area contributed by atoms with Crippen molar-refractivity contribution in [3.63, 3.8) is 0 Å². The molecule has 0 radical (unpaired) electrons. The largest absolute Gasteiger partial charge is 0.467 e. The van der Waals surface area contributed by atoms with Crippen molar-refractivity contribution < 1.29 is 9.21 Å². The summed E-state index contributed by atoms with van der Waals surface area (Å²) in [6.07, 6.45) is 2.41. The van der Waals surface area contributed by atoms with E-state index in [1.807, 2.05) is 24.3 Å². The van der Waals surface area contributed by atoms with Gasteiger partial charge in [0.25, 0.3) is 5.56 Å². The Hall–Kier alpha value is -2.67. The van der Waals surface area contributed by atoms with Crippen molar-refractivity contribution >= 4 is 21.8 Å². The maximum Gasteiger partial charge on any atom is 0.266 e. The van der Waals surface area contributed by atoms with Gasteiger partial charge in [0, 0.05) is 29.1 Å². The lowest BCUT2D eigenvalue weighted by atomic mass is 10.1. The highest BCUT2D eigenvalue weighted by atomic mass is 79.9. The zero-order chi connectivity index (χ0) is 18.4. The third-order valence-corrected chi connectivity index (χ3v) is 4.35. The Morgan fingerprint density at radius 3 is 2.69 bits per heavy atom. The van der Waals surface area contributed by atoms with Crippen molar-refractivity contribution in [1.82, 2.24) is 15.1 Å². The van der Waals surface area contributed by atoms with E-state index in [9.17, 15) is 9.59 Å². The molecule has 0 saturated carbocycles. The normalized spacial score (nSPS) is 10.7. The van der Waals surface area contributed by atoms with Gasteiger partial charge < -0.3 is 9.73 Å². The number of amides is 1. The first-order valence-electron chi connectivity index (χ1n) is 8.25. The number of furan rings is 1. The average molecular weight is 416 g/mol. The van der Waals surface area contributed by atoms with Crippen LogP contribution in [0.5, 0.6) is 0 Å². The van der Waals surface area contributed by atoms with E-state index in [0.717, 1.165) is 15.7 Å². The minimum Gasteiger partial charge on any atom is -0.467 e. The molecule has 7 heteroatoms. The Labute approximate surface area is 159 Å². The van der Waals surface area contributed by atoms with Crippen molar-refractivity contribution in [3.8, 4) is 11.3 Å². The quantitative estimate of drug-likeness (QED) is 0.641. The monoisotopic (exact) mass is 415 g/mol. The average Bonchev–Trinajstić information content (AvgIpc) is 3.16. The Bertz CT molecular complexity index is 918. The smallest absolute Gasteiger partial charge is 0.266 e. The van der Waals surface area contributed by atoms with Gasteiger partial charge in [-0.2, -0.15) is 5.10 Å². The number of nitrogens with zero attached hydrogens (tertiary/aromatic N) is 2. The number of nitrogens with one attached hydrogen (secondary N) is 1. The number of hydrogen-bond donors (Lipinski definition) is 1. The summed E-state index contributed by atoms with van der Waals surface area (Å²) < 4.78 is 7.54. The number of halogens is 1. The fourth-order valence-electron chi connectivity index (χ4n) is 2.46. The molecule has 0 spiro atoms. The van der Waals surface area contributed by atoms with Crippen molar-refractivity contribution in [2.75, 3.05) is 0 Å². The van der Waals surface area contributed by atoms with Gasteiger partial charge in [0.05, 0.1) is 18.5 Å². The molecule has 2 heterocycles. The SMILES string of the molecule is O=C(CCCn1nc(-c2ccc(Br)cc2)ccc1=O)NCc1ccco1. The van der Waals surface area contributed by atoms with E-state index in [4.69, 9.17) is 4.42 Å². The minimum absolute atomic E-state index is 0.0847. The molecule has 0 bridgehead atoms. The van der Waals surface area contributed by atoms with Crippen LogP contribution in [0.4, 0.5) is 0 Å². The van der Waals surface area contributed by atoms with Crippen LogP contribution in [0.2, 0.25) is 0 Å². The van der Waals surface area contributed by atoms with Gasteiger partial charge in [0.2, 0.25) is 5.91 Å². The summed E-state index contributed by atoms with van der Waals surface area (Å²) in [4.78, 5) is 23.9. The van der Waals surface area contributed by atoms with Crippen LogP contribution in [-0.2, 0) is 17.9 Å². The van der Waals surface area contributed by atoms with Gasteiger partial charge >= 0.3 is 0 Å². The third kappa shape index (κ3) is 4.92. The van der Waals surface area contributed by atoms with Crippen LogP contribution < -0.4 is 10.9 Å². The number of carbonyl (C=O) groups excluding carboxylic acids is 1. The van der Waals surface area contributed by atoms with E-state index in [-0.39, 0.29) is 11.5 Å². The molecule has 1 amide bonds. The molecular weight excluding hydrogens is 398 g/mol. The number of aryl methyl sites for hydroxylation is 1. The standard InChI is InChI=1S/C19H18BrN3O3/c20-15-7-5-14(6-8-15)17-9-10-19(25)23(22-17)11-1-4-18(24)21-13-16-3-2-12-26-16/h2-3,5-10,12H,1,4,11,13H2,(H,21,24). The lowest BCUT2D eigenvalue weighted by Gasteiger charge is -2.08. The van der Waals surface area contributed by atoms with Gasteiger partial charge in [-0.05, 0) is 36.8 Å². The van der Waals surface area contributed by atoms with E-state index in [0.29, 0.717) is 31.7 Å². The number of benzene rings is 1. The van der Waals surface area contributed by atoms with E-state index in [1.165, 1.54) is 10.7 Å². The van der Waals surface area contributed by atoms with E-state index in [1.54, 1.807) is 24.5 Å². The molecule has 134 valence electrons. The topological polar surface area (TPSA) is 77.1 Å². The first-order chi connectivity index (χ1) is 12.6. The fraction of sp³-hybridized carbons (Fsp3) is 0.211. The highest BCUT2D eigenvalue weighted by molar-refractivity contribution is 9.10. The van der Waals surface area contributed by atoms with Gasteiger partial charge in [-0.1, -0.05) is 28.1 Å². The third-order valence-electron chi connectivity index (χ3n) is 3.82. The summed E-state index contributed by atoms with van der Waals surface area (Å²) in [5, 5.41) is 7.18. The molecule has 0 saturated heterocycles. The van der Waals surface area contributed by atoms with Gasteiger partial charge in [0.15, 0.2) is 0 Å². The van der Waals surface area contributed by atoms with Crippen LogP contribution in [-0.4, -0.2) is 15.7 Å². The number of hydrogen-bond acceptors (Lipinski definition) is 4. The van der Waals surface area contributed by atoms with E-state index < -0.39 is 0 Å². The molecule has 1 aromatic carbocycles. The Morgan fingerprint density at radius 2 is 1.96 bits per heavy atom. The first kappa shape index (κ1) is 18.1. The van der Waals surface area contributed by atoms with Crippen molar-refractivity contribution in [3.05, 3.63) is 75.4 Å². The second kappa shape index (κ2) is 8.62. The lowest BCUT2D eigenvalue weighted by Crippen LogP contribution is -2.25. The molecule has 2 aromatic heterocycles. The van der Waals surface area contributed by atoms with E-state index in [2.05, 4.69) is 26.3 Å². The molecule has 3 rings (SSSR count). The second-order valence-corrected chi connectivity index (χ2v) is 6.66. The van der Waals surface area contributed by atoms with Crippen LogP contribution in [0.1, 0.15) is 18.6 Å². The lowest BCUT2D eigenvalue weighted by molar-refractivity contribution is -0.121. The molecule has 0 aliphatic carbocycles. The van der Waals surface area contributed by atoms with Crippen LogP contribution in [0.3, 0.4) is 0 Å². The summed E-state index contributed by atoms with van der Waals surface area (Å²) in [5.74, 6) is 0.622. The van der Waals surface area contributed by atoms with Crippen molar-refractivity contribution in [2.45, 2.75) is 25.9 Å². The maximum absolute atomic E-state index is 12.0. The zero-order valence-corrected chi connectivity index (χ0v) is 15.6. The predicted molar refractivity (Wildman–Crippen MR) is 101 cm³/mol. The predicted octanol–water partition coefficient (Wildman–Crippen LogP) is 3.36. The zero-order valence-electron chi connectivity index (χ0n) is 14.0. The summed E-state index contributed by atoms with van der Waals surface area (Å²) in [5.41, 5.74) is 1.47. The number of rotatable bonds is 7. The summed E-state index contributed by atoms with van der Waals surface area (Å²) >= 11 is 3.40. The Morgan fingerprint density at radius 1 is 1.15 bits per heavy atom. The summed E-state index contributed by atoms with van der Waals surface area (Å²) in [7, 11) is 0. The first-order valence-corrected chi connectivity index (χ1v) is 9.04. The van der Waals surface area contributed by atoms with Gasteiger partial charge in [-0.3, -0.25) is 9.59 Å². The fourth-order valence-corrected chi connectivity index (χ4v) is 2.72. The minimum atomic E-state index is -0.179.